The predicted octanol–water partition coefficient (Wildman–Crippen LogP) is 5.33. The molecule has 0 unspecified atom stereocenters. The van der Waals surface area contributed by atoms with Crippen LogP contribution in [0, 0.1) is 0 Å². The van der Waals surface area contributed by atoms with Crippen molar-refractivity contribution >= 4 is 5.97 Å². The van der Waals surface area contributed by atoms with Crippen LogP contribution in [0.1, 0.15) is 75.6 Å². The zero-order valence-corrected chi connectivity index (χ0v) is 19.6. The van der Waals surface area contributed by atoms with E-state index < -0.39 is 0 Å². The summed E-state index contributed by atoms with van der Waals surface area (Å²) >= 11 is 0. The number of hydrogen-bond donors (Lipinski definition) is 0. The summed E-state index contributed by atoms with van der Waals surface area (Å²) in [5.74, 6) is 0.980. The Kier molecular flexibility index (Phi) is 13.8. The van der Waals surface area contributed by atoms with Crippen molar-refractivity contribution < 1.29 is 23.7 Å². The second-order valence-electron chi connectivity index (χ2n) is 7.41. The van der Waals surface area contributed by atoms with Crippen molar-refractivity contribution in [3.05, 3.63) is 17.7 Å². The van der Waals surface area contributed by atoms with E-state index in [1.165, 1.54) is 66.4 Å². The summed E-state index contributed by atoms with van der Waals surface area (Å²) in [4.78, 5) is 14.8. The Labute approximate surface area is 182 Å². The molecule has 0 spiro atoms. The Bertz CT molecular complexity index is 576. The fourth-order valence-electron chi connectivity index (χ4n) is 3.49. The van der Waals surface area contributed by atoms with Gasteiger partial charge < -0.3 is 23.8 Å². The van der Waals surface area contributed by atoms with Crippen LogP contribution in [0.2, 0.25) is 0 Å². The molecular formula is C24H41NO5. The Balaban J connectivity index is 2.18. The van der Waals surface area contributed by atoms with Crippen molar-refractivity contribution in [3.8, 4) is 17.2 Å². The van der Waals surface area contributed by atoms with Gasteiger partial charge in [-0.25, -0.2) is 4.79 Å². The van der Waals surface area contributed by atoms with E-state index in [2.05, 4.69) is 18.7 Å². The maximum Gasteiger partial charge on any atom is 0.338 e. The first kappa shape index (κ1) is 26.1. The number of esters is 1. The van der Waals surface area contributed by atoms with Gasteiger partial charge >= 0.3 is 5.97 Å². The van der Waals surface area contributed by atoms with Crippen molar-refractivity contribution in [2.24, 2.45) is 0 Å². The van der Waals surface area contributed by atoms with Crippen molar-refractivity contribution in [2.75, 3.05) is 47.6 Å². The quantitative estimate of drug-likeness (QED) is 0.249. The van der Waals surface area contributed by atoms with Crippen LogP contribution in [-0.2, 0) is 4.74 Å². The molecule has 1 rings (SSSR count). The number of ether oxygens (including phenoxy) is 4. The van der Waals surface area contributed by atoms with Gasteiger partial charge in [-0.05, 0) is 44.6 Å². The fraction of sp³-hybridized carbons (Fsp3) is 0.708. The third kappa shape index (κ3) is 9.24. The summed E-state index contributed by atoms with van der Waals surface area (Å²) < 4.78 is 21.2. The molecule has 0 fully saturated rings. The highest BCUT2D eigenvalue weighted by Crippen LogP contribution is 2.38. The lowest BCUT2D eigenvalue weighted by molar-refractivity contribution is 0.0496. The standard InChI is InChI=1S/C24H41NO5/c1-6-25(7-2)16-14-12-10-8-9-11-13-15-17-30-24(26)20-18-21(27-3)23(29-5)22(19-20)28-4/h18-19H,6-17H2,1-5H3. The Morgan fingerprint density at radius 1 is 0.767 bits per heavy atom. The van der Waals surface area contributed by atoms with Gasteiger partial charge in [-0.2, -0.15) is 0 Å². The Morgan fingerprint density at radius 2 is 1.27 bits per heavy atom. The maximum absolute atomic E-state index is 12.3. The molecule has 0 heterocycles. The van der Waals surface area contributed by atoms with E-state index in [0.717, 1.165) is 25.9 Å². The third-order valence-corrected chi connectivity index (χ3v) is 5.40. The number of unbranched alkanes of at least 4 members (excludes halogenated alkanes) is 7. The highest BCUT2D eigenvalue weighted by Gasteiger charge is 2.17. The first-order chi connectivity index (χ1) is 14.6. The number of carbonyl (C=O) groups is 1. The molecule has 0 aliphatic rings. The van der Waals surface area contributed by atoms with Gasteiger partial charge in [0.25, 0.3) is 0 Å². The minimum absolute atomic E-state index is 0.373. The highest BCUT2D eigenvalue weighted by molar-refractivity contribution is 5.91. The van der Waals surface area contributed by atoms with Gasteiger partial charge in [-0.1, -0.05) is 52.4 Å². The maximum atomic E-state index is 12.3. The van der Waals surface area contributed by atoms with E-state index in [9.17, 15) is 4.79 Å². The van der Waals surface area contributed by atoms with E-state index in [1.54, 1.807) is 12.1 Å². The average Bonchev–Trinajstić information content (AvgIpc) is 2.78. The third-order valence-electron chi connectivity index (χ3n) is 5.40. The van der Waals surface area contributed by atoms with E-state index in [0.29, 0.717) is 29.4 Å². The average molecular weight is 424 g/mol. The van der Waals surface area contributed by atoms with E-state index in [1.807, 2.05) is 0 Å². The van der Waals surface area contributed by atoms with Crippen LogP contribution in [0.25, 0.3) is 0 Å². The van der Waals surface area contributed by atoms with Crippen LogP contribution in [0.5, 0.6) is 17.2 Å². The van der Waals surface area contributed by atoms with Crippen LogP contribution < -0.4 is 14.2 Å². The monoisotopic (exact) mass is 423 g/mol. The molecule has 0 amide bonds. The molecule has 0 radical (unpaired) electrons. The van der Waals surface area contributed by atoms with Crippen molar-refractivity contribution in [1.29, 1.82) is 0 Å². The summed E-state index contributed by atoms with van der Waals surface area (Å²) in [5.41, 5.74) is 0.397. The van der Waals surface area contributed by atoms with Crippen LogP contribution in [0.4, 0.5) is 0 Å². The van der Waals surface area contributed by atoms with Gasteiger partial charge in [0.05, 0.1) is 33.5 Å². The lowest BCUT2D eigenvalue weighted by Crippen LogP contribution is -2.23. The van der Waals surface area contributed by atoms with Crippen LogP contribution >= 0.6 is 0 Å². The number of carbonyl (C=O) groups excluding carboxylic acids is 1. The number of benzene rings is 1. The number of nitrogens with zero attached hydrogens (tertiary/aromatic N) is 1. The van der Waals surface area contributed by atoms with Gasteiger partial charge in [0.1, 0.15) is 0 Å². The van der Waals surface area contributed by atoms with Crippen LogP contribution in [0.15, 0.2) is 12.1 Å². The molecule has 6 nitrogen and oxygen atoms in total. The van der Waals surface area contributed by atoms with Gasteiger partial charge in [-0.3, -0.25) is 0 Å². The summed E-state index contributed by atoms with van der Waals surface area (Å²) in [7, 11) is 4.58. The zero-order chi connectivity index (χ0) is 22.2. The number of rotatable bonds is 17. The molecule has 0 aliphatic heterocycles. The zero-order valence-electron chi connectivity index (χ0n) is 19.6. The minimum Gasteiger partial charge on any atom is -0.493 e. The predicted molar refractivity (Wildman–Crippen MR) is 121 cm³/mol. The largest absolute Gasteiger partial charge is 0.493 e. The van der Waals surface area contributed by atoms with E-state index >= 15 is 0 Å². The molecule has 6 heteroatoms. The van der Waals surface area contributed by atoms with Gasteiger partial charge in [0, 0.05) is 0 Å². The van der Waals surface area contributed by atoms with Crippen molar-refractivity contribution in [1.82, 2.24) is 4.90 Å². The highest BCUT2D eigenvalue weighted by atomic mass is 16.5. The van der Waals surface area contributed by atoms with E-state index in [4.69, 9.17) is 18.9 Å². The molecule has 0 saturated heterocycles. The van der Waals surface area contributed by atoms with Crippen molar-refractivity contribution in [2.45, 2.75) is 65.2 Å². The molecule has 0 saturated carbocycles. The molecule has 0 aliphatic carbocycles. The van der Waals surface area contributed by atoms with E-state index in [-0.39, 0.29) is 5.97 Å². The summed E-state index contributed by atoms with van der Waals surface area (Å²) in [6.45, 7) is 8.42. The van der Waals surface area contributed by atoms with Crippen molar-refractivity contribution in [3.63, 3.8) is 0 Å². The second kappa shape index (κ2) is 15.8. The minimum atomic E-state index is -0.373. The van der Waals surface area contributed by atoms with Gasteiger partial charge in [-0.15, -0.1) is 0 Å². The number of methoxy groups -OCH3 is 3. The molecule has 0 bridgehead atoms. The summed E-state index contributed by atoms with van der Waals surface area (Å²) in [6, 6.07) is 3.23. The smallest absolute Gasteiger partial charge is 0.338 e. The number of hydrogen-bond acceptors (Lipinski definition) is 6. The molecule has 30 heavy (non-hydrogen) atoms. The van der Waals surface area contributed by atoms with Crippen LogP contribution in [-0.4, -0.2) is 58.4 Å². The first-order valence-electron chi connectivity index (χ1n) is 11.3. The SMILES string of the molecule is CCN(CC)CCCCCCCCCCOC(=O)c1cc(OC)c(OC)c(OC)c1. The van der Waals surface area contributed by atoms with Gasteiger partial charge in [0.2, 0.25) is 5.75 Å². The van der Waals surface area contributed by atoms with Gasteiger partial charge in [0.15, 0.2) is 11.5 Å². The first-order valence-corrected chi connectivity index (χ1v) is 11.3. The topological polar surface area (TPSA) is 57.2 Å². The van der Waals surface area contributed by atoms with Crippen LogP contribution in [0.3, 0.4) is 0 Å². The lowest BCUT2D eigenvalue weighted by atomic mass is 10.1. The lowest BCUT2D eigenvalue weighted by Gasteiger charge is -2.17. The normalized spacial score (nSPS) is 10.9. The molecule has 1 aromatic carbocycles. The Hall–Kier alpha value is -1.95. The fourth-order valence-corrected chi connectivity index (χ4v) is 3.49. The summed E-state index contributed by atoms with van der Waals surface area (Å²) in [5, 5.41) is 0. The molecular weight excluding hydrogens is 382 g/mol. The molecule has 0 aromatic heterocycles. The summed E-state index contributed by atoms with van der Waals surface area (Å²) in [6.07, 6.45) is 9.66. The molecule has 172 valence electrons. The Morgan fingerprint density at radius 3 is 1.73 bits per heavy atom. The molecule has 1 aromatic rings. The molecule has 0 atom stereocenters. The molecule has 0 N–H and O–H groups in total. The second-order valence-corrected chi connectivity index (χ2v) is 7.41.